The van der Waals surface area contributed by atoms with Crippen molar-refractivity contribution in [2.24, 2.45) is 10.9 Å². The highest BCUT2D eigenvalue weighted by Gasteiger charge is 2.30. The van der Waals surface area contributed by atoms with Crippen LogP contribution in [0.4, 0.5) is 11.4 Å². The number of hydrogen-bond acceptors (Lipinski definition) is 5. The molecule has 8 aromatic rings. The molecular weight excluding hydrogens is 725 g/mol. The van der Waals surface area contributed by atoms with Crippen molar-refractivity contribution in [2.45, 2.75) is 31.6 Å². The van der Waals surface area contributed by atoms with Gasteiger partial charge in [0.25, 0.3) is 0 Å². The number of amidine groups is 1. The molecule has 2 N–H and O–H groups in total. The minimum absolute atomic E-state index is 0.188. The van der Waals surface area contributed by atoms with E-state index in [9.17, 15) is 0 Å². The Morgan fingerprint density at radius 1 is 0.638 bits per heavy atom. The molecule has 11 rings (SSSR count). The summed E-state index contributed by atoms with van der Waals surface area (Å²) in [4.78, 5) is 7.78. The predicted octanol–water partition coefficient (Wildman–Crippen LogP) is 13.5. The van der Waals surface area contributed by atoms with Crippen LogP contribution in [-0.4, -0.2) is 5.84 Å². The van der Waals surface area contributed by atoms with E-state index in [-0.39, 0.29) is 12.3 Å². The Hall–Kier alpha value is -6.53. The van der Waals surface area contributed by atoms with Crippen LogP contribution >= 0.6 is 11.3 Å². The lowest BCUT2D eigenvalue weighted by Gasteiger charge is -2.34. The zero-order valence-electron chi connectivity index (χ0n) is 32.1. The number of nitrogens with zero attached hydrogens (tertiary/aromatic N) is 2. The molecule has 2 aliphatic carbocycles. The van der Waals surface area contributed by atoms with Gasteiger partial charge in [0.05, 0.1) is 10.4 Å². The second kappa shape index (κ2) is 14.8. The molecule has 58 heavy (non-hydrogen) atoms. The quantitative estimate of drug-likeness (QED) is 0.170. The summed E-state index contributed by atoms with van der Waals surface area (Å²) in [5.41, 5.74) is 11.1. The van der Waals surface area contributed by atoms with Crippen molar-refractivity contribution in [3.8, 4) is 11.1 Å². The number of fused-ring (bicyclic) bond motifs is 6. The van der Waals surface area contributed by atoms with E-state index < -0.39 is 0 Å². The molecule has 0 spiro atoms. The molecule has 0 amide bonds. The molecule has 280 valence electrons. The fourth-order valence-electron chi connectivity index (χ4n) is 9.12. The number of anilines is 2. The Bertz CT molecular complexity index is 2930. The van der Waals surface area contributed by atoms with Gasteiger partial charge in [-0.3, -0.25) is 5.32 Å². The highest BCUT2D eigenvalue weighted by molar-refractivity contribution is 7.26. The molecule has 0 fully saturated rings. The Balaban J connectivity index is 1.10. The predicted molar refractivity (Wildman–Crippen MR) is 245 cm³/mol. The van der Waals surface area contributed by atoms with Crippen LogP contribution < -0.4 is 15.5 Å². The first-order chi connectivity index (χ1) is 28.7. The molecule has 5 heteroatoms. The number of aliphatic imine (C=N–C) groups is 1. The molecule has 0 saturated heterocycles. The molecule has 0 radical (unpaired) electrons. The van der Waals surface area contributed by atoms with Crippen LogP contribution in [0.15, 0.2) is 204 Å². The smallest absolute Gasteiger partial charge is 0.131 e. The Labute approximate surface area is 343 Å². The van der Waals surface area contributed by atoms with Crippen molar-refractivity contribution in [1.29, 1.82) is 0 Å². The maximum Gasteiger partial charge on any atom is 0.131 e. The third-order valence-electron chi connectivity index (χ3n) is 12.0. The summed E-state index contributed by atoms with van der Waals surface area (Å²) in [7, 11) is 0. The minimum Gasteiger partial charge on any atom is -0.350 e. The average Bonchev–Trinajstić information content (AvgIpc) is 3.71. The van der Waals surface area contributed by atoms with E-state index >= 15 is 0 Å². The van der Waals surface area contributed by atoms with Crippen LogP contribution in [0.3, 0.4) is 0 Å². The first kappa shape index (κ1) is 34.7. The maximum absolute atomic E-state index is 5.24. The number of hydrogen-bond donors (Lipinski definition) is 2. The van der Waals surface area contributed by atoms with Gasteiger partial charge in [0.15, 0.2) is 0 Å². The molecule has 0 bridgehead atoms. The summed E-state index contributed by atoms with van der Waals surface area (Å²) < 4.78 is 2.57. The van der Waals surface area contributed by atoms with Crippen molar-refractivity contribution in [3.05, 3.63) is 216 Å². The Kier molecular flexibility index (Phi) is 8.83. The molecule has 2 heterocycles. The van der Waals surface area contributed by atoms with Gasteiger partial charge in [-0.1, -0.05) is 158 Å². The fourth-order valence-corrected chi connectivity index (χ4v) is 10.5. The number of allylic oxidation sites excluding steroid dienone is 6. The normalized spacial score (nSPS) is 19.0. The van der Waals surface area contributed by atoms with Gasteiger partial charge in [-0.05, 0) is 88.6 Å². The van der Waals surface area contributed by atoms with Crippen LogP contribution in [0.2, 0.25) is 0 Å². The van der Waals surface area contributed by atoms with Gasteiger partial charge >= 0.3 is 0 Å². The van der Waals surface area contributed by atoms with Crippen molar-refractivity contribution >= 4 is 59.5 Å². The number of nitrogens with one attached hydrogen (secondary N) is 2. The standard InChI is InChI=1S/C53H42N4S/c1-4-15-35(16-5-1)37-27-30-42(31-28-37)57(43-32-29-36-17-10-11-22-40(36)33-43)47-26-14-25-45-48-44-24-13-12-23-41(44)34-46(50(48)58-49(45)47)53-55-51(38-18-6-2-7-19-38)54-52(56-53)39-20-8-3-9-21-39/h1-10,12-21,23-32,34,40,51,53,55H,11,22,33H2,(H,54,56). The van der Waals surface area contributed by atoms with Crippen molar-refractivity contribution in [2.75, 3.05) is 4.90 Å². The minimum atomic E-state index is -0.214. The van der Waals surface area contributed by atoms with Gasteiger partial charge in [0, 0.05) is 38.0 Å². The summed E-state index contributed by atoms with van der Waals surface area (Å²) >= 11 is 1.91. The van der Waals surface area contributed by atoms with E-state index in [0.29, 0.717) is 5.92 Å². The van der Waals surface area contributed by atoms with E-state index in [1.54, 1.807) is 0 Å². The molecule has 3 unspecified atom stereocenters. The second-order valence-corrected chi connectivity index (χ2v) is 16.5. The summed E-state index contributed by atoms with van der Waals surface area (Å²) in [6.45, 7) is 0. The van der Waals surface area contributed by atoms with Gasteiger partial charge in [-0.25, -0.2) is 4.99 Å². The van der Waals surface area contributed by atoms with Crippen LogP contribution in [0.1, 0.15) is 48.3 Å². The van der Waals surface area contributed by atoms with Gasteiger partial charge in [-0.15, -0.1) is 11.3 Å². The number of rotatable bonds is 7. The van der Waals surface area contributed by atoms with Crippen LogP contribution in [0, 0.1) is 5.92 Å². The van der Waals surface area contributed by atoms with Crippen molar-refractivity contribution in [3.63, 3.8) is 0 Å². The lowest BCUT2D eigenvalue weighted by Crippen LogP contribution is -2.45. The first-order valence-corrected chi connectivity index (χ1v) is 21.2. The first-order valence-electron chi connectivity index (χ1n) is 20.4. The van der Waals surface area contributed by atoms with Gasteiger partial charge in [0.2, 0.25) is 0 Å². The van der Waals surface area contributed by atoms with Gasteiger partial charge < -0.3 is 10.2 Å². The molecule has 1 aliphatic heterocycles. The zero-order chi connectivity index (χ0) is 38.4. The van der Waals surface area contributed by atoms with Crippen LogP contribution in [-0.2, 0) is 0 Å². The van der Waals surface area contributed by atoms with E-state index in [0.717, 1.165) is 29.8 Å². The van der Waals surface area contributed by atoms with Crippen molar-refractivity contribution < 1.29 is 0 Å². The molecule has 1 aromatic heterocycles. The topological polar surface area (TPSA) is 39.7 Å². The third kappa shape index (κ3) is 6.24. The van der Waals surface area contributed by atoms with Gasteiger partial charge in [0.1, 0.15) is 18.2 Å². The molecule has 3 aliphatic rings. The SMILES string of the molecule is C1=CC2=CC=C(N(c3ccc(-c4ccccc4)cc3)c3cccc4c3sc3c(C5NC(c6ccccc6)=NC(c6ccccc6)N5)cc5ccccc5c34)CC2CC1. The van der Waals surface area contributed by atoms with Crippen LogP contribution in [0.25, 0.3) is 42.1 Å². The van der Waals surface area contributed by atoms with Crippen molar-refractivity contribution in [1.82, 2.24) is 10.6 Å². The molecule has 3 atom stereocenters. The fraction of sp³-hybridized carbons (Fsp3) is 0.113. The number of thiophene rings is 1. The number of benzene rings is 7. The van der Waals surface area contributed by atoms with E-state index in [4.69, 9.17) is 4.99 Å². The highest BCUT2D eigenvalue weighted by Crippen LogP contribution is 2.49. The summed E-state index contributed by atoms with van der Waals surface area (Å²) in [6, 6.07) is 59.1. The highest BCUT2D eigenvalue weighted by atomic mass is 32.1. The lowest BCUT2D eigenvalue weighted by atomic mass is 9.82. The molecule has 4 nitrogen and oxygen atoms in total. The van der Waals surface area contributed by atoms with Crippen LogP contribution in [0.5, 0.6) is 0 Å². The molecule has 7 aromatic carbocycles. The maximum atomic E-state index is 5.24. The lowest BCUT2D eigenvalue weighted by molar-refractivity contribution is 0.411. The molecule has 0 saturated carbocycles. The average molecular weight is 767 g/mol. The largest absolute Gasteiger partial charge is 0.350 e. The summed E-state index contributed by atoms with van der Waals surface area (Å²) in [6.07, 6.45) is 12.3. The zero-order valence-corrected chi connectivity index (χ0v) is 32.9. The monoisotopic (exact) mass is 766 g/mol. The molecular formula is C53H42N4S. The van der Waals surface area contributed by atoms with E-state index in [1.165, 1.54) is 76.7 Å². The van der Waals surface area contributed by atoms with Gasteiger partial charge in [-0.2, -0.15) is 0 Å². The Morgan fingerprint density at radius 2 is 1.34 bits per heavy atom. The van der Waals surface area contributed by atoms with E-state index in [2.05, 4.69) is 204 Å². The summed E-state index contributed by atoms with van der Waals surface area (Å²) in [5, 5.41) is 12.9. The second-order valence-electron chi connectivity index (χ2n) is 15.5. The van der Waals surface area contributed by atoms with E-state index in [1.807, 2.05) is 11.3 Å². The third-order valence-corrected chi connectivity index (χ3v) is 13.3. The Morgan fingerprint density at radius 3 is 2.16 bits per heavy atom. The summed E-state index contributed by atoms with van der Waals surface area (Å²) in [5.74, 6) is 1.41.